The summed E-state index contributed by atoms with van der Waals surface area (Å²) in [5.41, 5.74) is 0.570. The van der Waals surface area contributed by atoms with Gasteiger partial charge in [-0.3, -0.25) is 9.59 Å². The van der Waals surface area contributed by atoms with Gasteiger partial charge in [0.15, 0.2) is 0 Å². The Balaban J connectivity index is 3.25. The van der Waals surface area contributed by atoms with Gasteiger partial charge in [0.05, 0.1) is 0 Å². The molecule has 0 aliphatic heterocycles. The van der Waals surface area contributed by atoms with Gasteiger partial charge >= 0.3 is 6.09 Å². The highest BCUT2D eigenvalue weighted by molar-refractivity contribution is 7.80. The zero-order valence-corrected chi connectivity index (χ0v) is 20.0. The summed E-state index contributed by atoms with van der Waals surface area (Å²) in [4.78, 5) is 40.0. The number of terminal acetylenes is 1. The van der Waals surface area contributed by atoms with Crippen molar-refractivity contribution in [3.8, 4) is 12.3 Å². The van der Waals surface area contributed by atoms with Crippen molar-refractivity contribution in [1.82, 2.24) is 15.5 Å². The summed E-state index contributed by atoms with van der Waals surface area (Å²) in [7, 11) is 0. The Bertz CT molecular complexity index is 810. The van der Waals surface area contributed by atoms with Crippen LogP contribution in [0.25, 0.3) is 0 Å². The first-order valence-corrected chi connectivity index (χ1v) is 10.8. The Labute approximate surface area is 190 Å². The highest BCUT2D eigenvalue weighted by atomic mass is 32.1. The second kappa shape index (κ2) is 11.7. The minimum absolute atomic E-state index is 0.0448. The van der Waals surface area contributed by atoms with E-state index >= 15 is 0 Å². The highest BCUT2D eigenvalue weighted by Gasteiger charge is 2.35. The van der Waals surface area contributed by atoms with Crippen LogP contribution in [0.1, 0.15) is 58.7 Å². The van der Waals surface area contributed by atoms with E-state index in [1.807, 2.05) is 13.8 Å². The number of alkyl carbamates (subject to hydrolysis) is 1. The number of nitrogens with zero attached hydrogens (tertiary/aromatic N) is 1. The molecule has 31 heavy (non-hydrogen) atoms. The quantitative estimate of drug-likeness (QED) is 0.422. The monoisotopic (exact) mass is 447 g/mol. The number of thiol groups is 1. The lowest BCUT2D eigenvalue weighted by Gasteiger charge is -2.33. The molecule has 0 radical (unpaired) electrons. The molecule has 0 heterocycles. The van der Waals surface area contributed by atoms with Crippen molar-refractivity contribution in [2.75, 3.05) is 12.3 Å². The number of carbonyl (C=O) groups excluding carboxylic acids is 3. The fraction of sp³-hybridized carbons (Fsp3) is 0.522. The van der Waals surface area contributed by atoms with Crippen LogP contribution in [0.3, 0.4) is 0 Å². The van der Waals surface area contributed by atoms with Gasteiger partial charge < -0.3 is 20.3 Å². The molecule has 0 aliphatic carbocycles. The van der Waals surface area contributed by atoms with Crippen molar-refractivity contribution >= 4 is 30.5 Å². The molecule has 2 unspecified atom stereocenters. The van der Waals surface area contributed by atoms with E-state index in [0.717, 1.165) is 0 Å². The average molecular weight is 448 g/mol. The van der Waals surface area contributed by atoms with Gasteiger partial charge in [0.1, 0.15) is 17.7 Å². The van der Waals surface area contributed by atoms with E-state index in [4.69, 9.17) is 11.2 Å². The van der Waals surface area contributed by atoms with Gasteiger partial charge in [-0.2, -0.15) is 12.6 Å². The molecular weight excluding hydrogens is 414 g/mol. The Morgan fingerprint density at radius 3 is 2.16 bits per heavy atom. The molecule has 2 N–H and O–H groups in total. The molecule has 0 saturated carbocycles. The van der Waals surface area contributed by atoms with Gasteiger partial charge in [0.25, 0.3) is 0 Å². The minimum Gasteiger partial charge on any atom is -0.444 e. The van der Waals surface area contributed by atoms with Crippen LogP contribution >= 0.6 is 12.6 Å². The van der Waals surface area contributed by atoms with E-state index in [1.165, 1.54) is 4.90 Å². The van der Waals surface area contributed by atoms with Crippen molar-refractivity contribution in [3.63, 3.8) is 0 Å². The number of amides is 3. The average Bonchev–Trinajstić information content (AvgIpc) is 2.67. The van der Waals surface area contributed by atoms with Crippen LogP contribution in [0.15, 0.2) is 24.3 Å². The molecule has 1 aromatic rings. The summed E-state index contributed by atoms with van der Waals surface area (Å²) in [6, 6.07) is 4.93. The summed E-state index contributed by atoms with van der Waals surface area (Å²) in [6.45, 7) is 10.9. The summed E-state index contributed by atoms with van der Waals surface area (Å²) in [6.07, 6.45) is 4.70. The molecule has 0 spiro atoms. The maximum absolute atomic E-state index is 13.3. The zero-order chi connectivity index (χ0) is 23.8. The minimum atomic E-state index is -0.961. The fourth-order valence-electron chi connectivity index (χ4n) is 2.90. The molecule has 0 aromatic heterocycles. The third kappa shape index (κ3) is 8.18. The molecule has 0 saturated heterocycles. The van der Waals surface area contributed by atoms with E-state index in [9.17, 15) is 14.4 Å². The van der Waals surface area contributed by atoms with Gasteiger partial charge in [-0.1, -0.05) is 18.1 Å². The van der Waals surface area contributed by atoms with E-state index in [-0.39, 0.29) is 24.2 Å². The van der Waals surface area contributed by atoms with Crippen LogP contribution in [-0.2, 0) is 14.3 Å². The predicted octanol–water partition coefficient (Wildman–Crippen LogP) is 2.91. The molecule has 1 rings (SSSR count). The largest absolute Gasteiger partial charge is 0.444 e. The number of likely N-dealkylation sites (N-methyl/N-ethyl adjacent to an activating group) is 1. The number of rotatable bonds is 8. The summed E-state index contributed by atoms with van der Waals surface area (Å²) in [5.74, 6) is 1.82. The lowest BCUT2D eigenvalue weighted by molar-refractivity contribution is -0.142. The number of benzene rings is 1. The first kappa shape index (κ1) is 26.4. The van der Waals surface area contributed by atoms with Gasteiger partial charge in [-0.25, -0.2) is 4.79 Å². The van der Waals surface area contributed by atoms with E-state index in [2.05, 4.69) is 29.2 Å². The number of hydrogen-bond donors (Lipinski definition) is 3. The van der Waals surface area contributed by atoms with Crippen LogP contribution in [0, 0.1) is 12.3 Å². The van der Waals surface area contributed by atoms with Gasteiger partial charge in [0, 0.05) is 23.9 Å². The third-order valence-electron chi connectivity index (χ3n) is 4.18. The second-order valence-electron chi connectivity index (χ2n) is 8.34. The van der Waals surface area contributed by atoms with Crippen LogP contribution in [0.2, 0.25) is 0 Å². The molecule has 2 atom stereocenters. The van der Waals surface area contributed by atoms with Crippen molar-refractivity contribution in [3.05, 3.63) is 35.4 Å². The van der Waals surface area contributed by atoms with E-state index < -0.39 is 29.7 Å². The molecular formula is C23H33N3O4S. The van der Waals surface area contributed by atoms with Gasteiger partial charge in [-0.15, -0.1) is 6.42 Å². The SMILES string of the molecule is C#Cc1ccc(C(C(=O)NC(C)C)N(CC)C(=O)C(CS)NC(=O)OC(C)(C)C)cc1. The lowest BCUT2D eigenvalue weighted by atomic mass is 10.0. The van der Waals surface area contributed by atoms with E-state index in [1.54, 1.807) is 52.0 Å². The van der Waals surface area contributed by atoms with Crippen LogP contribution in [0.4, 0.5) is 4.79 Å². The van der Waals surface area contributed by atoms with Crippen LogP contribution in [0.5, 0.6) is 0 Å². The molecule has 0 aliphatic rings. The van der Waals surface area contributed by atoms with Crippen LogP contribution < -0.4 is 10.6 Å². The van der Waals surface area contributed by atoms with E-state index in [0.29, 0.717) is 11.1 Å². The maximum Gasteiger partial charge on any atom is 0.408 e. The normalized spacial score (nSPS) is 13.0. The summed E-state index contributed by atoms with van der Waals surface area (Å²) >= 11 is 4.22. The first-order valence-electron chi connectivity index (χ1n) is 10.2. The molecule has 170 valence electrons. The number of nitrogens with one attached hydrogen (secondary N) is 2. The van der Waals surface area contributed by atoms with Crippen LogP contribution in [-0.4, -0.2) is 52.8 Å². The molecule has 3 amide bonds. The Morgan fingerprint density at radius 2 is 1.74 bits per heavy atom. The molecule has 7 nitrogen and oxygen atoms in total. The van der Waals surface area contributed by atoms with Gasteiger partial charge in [-0.05, 0) is 59.2 Å². The predicted molar refractivity (Wildman–Crippen MR) is 125 cm³/mol. The Hall–Kier alpha value is -2.66. The fourth-order valence-corrected chi connectivity index (χ4v) is 3.15. The lowest BCUT2D eigenvalue weighted by Crippen LogP contribution is -2.54. The maximum atomic E-state index is 13.3. The smallest absolute Gasteiger partial charge is 0.408 e. The molecule has 1 aromatic carbocycles. The van der Waals surface area contributed by atoms with Crippen molar-refractivity contribution in [2.24, 2.45) is 0 Å². The zero-order valence-electron chi connectivity index (χ0n) is 19.1. The second-order valence-corrected chi connectivity index (χ2v) is 8.70. The van der Waals surface area contributed by atoms with Crippen molar-refractivity contribution in [1.29, 1.82) is 0 Å². The molecule has 0 fully saturated rings. The number of ether oxygens (including phenoxy) is 1. The summed E-state index contributed by atoms with van der Waals surface area (Å²) < 4.78 is 5.25. The standard InChI is InChI=1S/C23H33N3O4S/c1-8-16-10-12-17(13-11-16)19(20(27)24-15(3)4)26(9-2)21(28)18(14-31)25-22(29)30-23(5,6)7/h1,10-13,15,18-19,31H,9,14H2,2-7H3,(H,24,27)(H,25,29). The Kier molecular flexibility index (Phi) is 9.92. The topological polar surface area (TPSA) is 87.7 Å². The highest BCUT2D eigenvalue weighted by Crippen LogP contribution is 2.23. The van der Waals surface area contributed by atoms with Crippen molar-refractivity contribution < 1.29 is 19.1 Å². The third-order valence-corrected chi connectivity index (χ3v) is 4.54. The Morgan fingerprint density at radius 1 is 1.16 bits per heavy atom. The first-order chi connectivity index (χ1) is 14.4. The van der Waals surface area contributed by atoms with Crippen molar-refractivity contribution in [2.45, 2.75) is 65.3 Å². The summed E-state index contributed by atoms with van der Waals surface area (Å²) in [5, 5.41) is 5.42. The molecule has 0 bridgehead atoms. The van der Waals surface area contributed by atoms with Gasteiger partial charge in [0.2, 0.25) is 11.8 Å². The molecule has 8 heteroatoms. The number of carbonyl (C=O) groups is 3. The number of hydrogen-bond acceptors (Lipinski definition) is 5.